The predicted octanol–water partition coefficient (Wildman–Crippen LogP) is 2.71. The van der Waals surface area contributed by atoms with Crippen molar-refractivity contribution in [2.24, 2.45) is 5.41 Å². The van der Waals surface area contributed by atoms with Crippen LogP contribution in [0, 0.1) is 5.41 Å². The van der Waals surface area contributed by atoms with Gasteiger partial charge < -0.3 is 15.7 Å². The molecular weight excluding hydrogens is 276 g/mol. The van der Waals surface area contributed by atoms with E-state index in [1.807, 2.05) is 6.26 Å². The van der Waals surface area contributed by atoms with Gasteiger partial charge in [-0.2, -0.15) is 11.8 Å². The van der Waals surface area contributed by atoms with E-state index < -0.39 is 23.5 Å². The van der Waals surface area contributed by atoms with Crippen molar-refractivity contribution in [1.29, 1.82) is 0 Å². The highest BCUT2D eigenvalue weighted by Crippen LogP contribution is 2.29. The molecule has 118 valence electrons. The SMILES string of the molecule is CCC(CC)(CNC(=O)NC(C(=O)O)C(C)(C)C)SC. The first-order valence-electron chi connectivity index (χ1n) is 6.94. The summed E-state index contributed by atoms with van der Waals surface area (Å²) in [5.41, 5.74) is -0.532. The molecule has 1 unspecified atom stereocenters. The molecular formula is C14H28N2O3S. The van der Waals surface area contributed by atoms with Gasteiger partial charge >= 0.3 is 12.0 Å². The van der Waals surface area contributed by atoms with Crippen LogP contribution >= 0.6 is 11.8 Å². The minimum Gasteiger partial charge on any atom is -0.480 e. The van der Waals surface area contributed by atoms with E-state index in [1.54, 1.807) is 32.5 Å². The van der Waals surface area contributed by atoms with E-state index in [0.29, 0.717) is 6.54 Å². The zero-order valence-corrected chi connectivity index (χ0v) is 14.2. The number of carbonyl (C=O) groups excluding carboxylic acids is 1. The fraction of sp³-hybridized carbons (Fsp3) is 0.857. The highest BCUT2D eigenvalue weighted by molar-refractivity contribution is 8.00. The molecule has 0 aromatic rings. The van der Waals surface area contributed by atoms with Crippen LogP contribution in [0.4, 0.5) is 4.79 Å². The highest BCUT2D eigenvalue weighted by atomic mass is 32.2. The quantitative estimate of drug-likeness (QED) is 0.676. The van der Waals surface area contributed by atoms with Crippen molar-refractivity contribution < 1.29 is 14.7 Å². The molecule has 0 aliphatic heterocycles. The molecule has 0 aliphatic rings. The van der Waals surface area contributed by atoms with E-state index in [9.17, 15) is 14.7 Å². The smallest absolute Gasteiger partial charge is 0.326 e. The molecule has 6 heteroatoms. The molecule has 0 aromatic carbocycles. The molecule has 0 heterocycles. The van der Waals surface area contributed by atoms with Gasteiger partial charge in [-0.3, -0.25) is 0 Å². The third-order valence-electron chi connectivity index (χ3n) is 3.68. The molecule has 20 heavy (non-hydrogen) atoms. The molecule has 0 aliphatic carbocycles. The van der Waals surface area contributed by atoms with Crippen LogP contribution in [0.25, 0.3) is 0 Å². The Labute approximate surface area is 126 Å². The molecule has 0 fully saturated rings. The molecule has 0 bridgehead atoms. The summed E-state index contributed by atoms with van der Waals surface area (Å²) in [6.07, 6.45) is 3.93. The zero-order chi connectivity index (χ0) is 16.0. The van der Waals surface area contributed by atoms with Gasteiger partial charge in [0, 0.05) is 11.3 Å². The third-order valence-corrected chi connectivity index (χ3v) is 5.27. The molecule has 2 amide bonds. The van der Waals surface area contributed by atoms with Crippen molar-refractivity contribution in [3.8, 4) is 0 Å². The van der Waals surface area contributed by atoms with Gasteiger partial charge in [0.2, 0.25) is 0 Å². The van der Waals surface area contributed by atoms with Crippen molar-refractivity contribution in [2.75, 3.05) is 12.8 Å². The number of carboxylic acids is 1. The van der Waals surface area contributed by atoms with Gasteiger partial charge in [0.05, 0.1) is 0 Å². The van der Waals surface area contributed by atoms with E-state index in [-0.39, 0.29) is 4.75 Å². The van der Waals surface area contributed by atoms with Crippen molar-refractivity contribution in [2.45, 2.75) is 58.2 Å². The topological polar surface area (TPSA) is 78.4 Å². The zero-order valence-electron chi connectivity index (χ0n) is 13.4. The van der Waals surface area contributed by atoms with Gasteiger partial charge in [0.25, 0.3) is 0 Å². The second kappa shape index (κ2) is 7.76. The van der Waals surface area contributed by atoms with E-state index in [4.69, 9.17) is 0 Å². The maximum atomic E-state index is 11.9. The first-order chi connectivity index (χ1) is 9.11. The summed E-state index contributed by atoms with van der Waals surface area (Å²) in [5, 5.41) is 14.5. The molecule has 0 spiro atoms. The first-order valence-corrected chi connectivity index (χ1v) is 8.16. The Kier molecular flexibility index (Phi) is 7.41. The van der Waals surface area contributed by atoms with Crippen molar-refractivity contribution in [3.05, 3.63) is 0 Å². The van der Waals surface area contributed by atoms with Crippen LogP contribution in [0.2, 0.25) is 0 Å². The molecule has 0 aromatic heterocycles. The largest absolute Gasteiger partial charge is 0.480 e. The number of hydrogen-bond donors (Lipinski definition) is 3. The van der Waals surface area contributed by atoms with Crippen molar-refractivity contribution in [3.63, 3.8) is 0 Å². The Hall–Kier alpha value is -0.910. The number of thioether (sulfide) groups is 1. The Balaban J connectivity index is 4.60. The van der Waals surface area contributed by atoms with Gasteiger partial charge in [0.15, 0.2) is 0 Å². The monoisotopic (exact) mass is 304 g/mol. The van der Waals surface area contributed by atoms with Crippen LogP contribution in [0.15, 0.2) is 0 Å². The number of rotatable bonds is 7. The first kappa shape index (κ1) is 19.1. The van der Waals surface area contributed by atoms with E-state index >= 15 is 0 Å². The number of carbonyl (C=O) groups is 2. The fourth-order valence-corrected chi connectivity index (χ4v) is 2.73. The van der Waals surface area contributed by atoms with Crippen LogP contribution in [0.3, 0.4) is 0 Å². The number of carboxylic acid groups (broad SMARTS) is 1. The number of amides is 2. The molecule has 0 saturated carbocycles. The maximum absolute atomic E-state index is 11.9. The van der Waals surface area contributed by atoms with Gasteiger partial charge in [0.1, 0.15) is 6.04 Å². The molecule has 0 saturated heterocycles. The average molecular weight is 304 g/mol. The number of aliphatic carboxylic acids is 1. The van der Waals surface area contributed by atoms with Crippen LogP contribution in [0.5, 0.6) is 0 Å². The number of nitrogens with one attached hydrogen (secondary N) is 2. The number of urea groups is 1. The lowest BCUT2D eigenvalue weighted by atomic mass is 9.87. The second-order valence-corrected chi connectivity index (χ2v) is 7.33. The average Bonchev–Trinajstić information content (AvgIpc) is 2.36. The predicted molar refractivity (Wildman–Crippen MR) is 84.2 cm³/mol. The second-order valence-electron chi connectivity index (χ2n) is 6.06. The highest BCUT2D eigenvalue weighted by Gasteiger charge is 2.33. The molecule has 0 rings (SSSR count). The Bertz CT molecular complexity index is 328. The lowest BCUT2D eigenvalue weighted by molar-refractivity contribution is -0.141. The van der Waals surface area contributed by atoms with Crippen LogP contribution in [-0.2, 0) is 4.79 Å². The maximum Gasteiger partial charge on any atom is 0.326 e. The summed E-state index contributed by atoms with van der Waals surface area (Å²) in [7, 11) is 0. The summed E-state index contributed by atoms with van der Waals surface area (Å²) < 4.78 is 0.0117. The van der Waals surface area contributed by atoms with Crippen LogP contribution in [-0.4, -0.2) is 40.7 Å². The van der Waals surface area contributed by atoms with E-state index in [1.165, 1.54) is 0 Å². The Morgan fingerprint density at radius 1 is 1.20 bits per heavy atom. The standard InChI is InChI=1S/C14H28N2O3S/c1-7-14(8-2,20-6)9-15-12(19)16-10(11(17)18)13(3,4)5/h10H,7-9H2,1-6H3,(H,17,18)(H2,15,16,19). The van der Waals surface area contributed by atoms with Crippen molar-refractivity contribution >= 4 is 23.8 Å². The van der Waals surface area contributed by atoms with E-state index in [0.717, 1.165) is 12.8 Å². The summed E-state index contributed by atoms with van der Waals surface area (Å²) in [6, 6.07) is -1.33. The number of hydrogen-bond acceptors (Lipinski definition) is 3. The Morgan fingerprint density at radius 2 is 1.70 bits per heavy atom. The molecule has 1 atom stereocenters. The Morgan fingerprint density at radius 3 is 2.00 bits per heavy atom. The van der Waals surface area contributed by atoms with Gasteiger partial charge in [-0.1, -0.05) is 34.6 Å². The summed E-state index contributed by atoms with van der Waals surface area (Å²) in [4.78, 5) is 23.1. The van der Waals surface area contributed by atoms with Crippen LogP contribution in [0.1, 0.15) is 47.5 Å². The molecule has 0 radical (unpaired) electrons. The molecule has 3 N–H and O–H groups in total. The summed E-state index contributed by atoms with van der Waals surface area (Å²) in [6.45, 7) is 10.1. The minimum atomic E-state index is -1.02. The van der Waals surface area contributed by atoms with Crippen LogP contribution < -0.4 is 10.6 Å². The van der Waals surface area contributed by atoms with E-state index in [2.05, 4.69) is 24.5 Å². The minimum absolute atomic E-state index is 0.0117. The van der Waals surface area contributed by atoms with Gasteiger partial charge in [-0.05, 0) is 24.5 Å². The summed E-state index contributed by atoms with van der Waals surface area (Å²) in [5.74, 6) is -1.02. The van der Waals surface area contributed by atoms with Gasteiger partial charge in [-0.15, -0.1) is 0 Å². The third kappa shape index (κ3) is 5.61. The lowest BCUT2D eigenvalue weighted by Gasteiger charge is -2.31. The summed E-state index contributed by atoms with van der Waals surface area (Å²) >= 11 is 1.73. The van der Waals surface area contributed by atoms with Crippen molar-refractivity contribution in [1.82, 2.24) is 10.6 Å². The lowest BCUT2D eigenvalue weighted by Crippen LogP contribution is -2.54. The molecule has 5 nitrogen and oxygen atoms in total. The van der Waals surface area contributed by atoms with Gasteiger partial charge in [-0.25, -0.2) is 9.59 Å². The fourth-order valence-electron chi connectivity index (χ4n) is 1.93. The normalized spacial score (nSPS) is 13.7.